The summed E-state index contributed by atoms with van der Waals surface area (Å²) < 4.78 is 5.18. The van der Waals surface area contributed by atoms with Crippen LogP contribution >= 0.6 is 0 Å². The fourth-order valence-electron chi connectivity index (χ4n) is 1.81. The van der Waals surface area contributed by atoms with Crippen molar-refractivity contribution < 1.29 is 14.6 Å². The molecule has 1 amide bonds. The van der Waals surface area contributed by atoms with E-state index >= 15 is 0 Å². The Morgan fingerprint density at radius 1 is 1.25 bits per heavy atom. The summed E-state index contributed by atoms with van der Waals surface area (Å²) in [6.07, 6.45) is 2.00. The first-order chi connectivity index (χ1) is 7.06. The summed E-state index contributed by atoms with van der Waals surface area (Å²) in [5.41, 5.74) is -1.94. The first-order valence-electron chi connectivity index (χ1n) is 5.79. The van der Waals surface area contributed by atoms with Crippen LogP contribution in [0, 0.1) is 0 Å². The molecule has 1 fully saturated rings. The Morgan fingerprint density at radius 3 is 2.06 bits per heavy atom. The molecule has 4 heteroatoms. The number of aliphatic hydroxyl groups is 1. The van der Waals surface area contributed by atoms with Gasteiger partial charge in [0.2, 0.25) is 0 Å². The summed E-state index contributed by atoms with van der Waals surface area (Å²) in [4.78, 5) is 11.6. The lowest BCUT2D eigenvalue weighted by atomic mass is 9.68. The number of carbonyl (C=O) groups is 1. The standard InChI is InChI=1S/C12H23NO3/c1-10(2,3)16-9(14)13-11(4,5)12(15)7-6-8-12/h15H,6-8H2,1-5H3,(H,13,14). The van der Waals surface area contributed by atoms with Gasteiger partial charge in [-0.25, -0.2) is 4.79 Å². The van der Waals surface area contributed by atoms with Crippen molar-refractivity contribution in [2.45, 2.75) is 70.6 Å². The molecule has 0 radical (unpaired) electrons. The summed E-state index contributed by atoms with van der Waals surface area (Å²) in [5, 5.41) is 13.0. The molecular weight excluding hydrogens is 206 g/mol. The zero-order valence-electron chi connectivity index (χ0n) is 10.9. The molecule has 0 saturated heterocycles. The Hall–Kier alpha value is -0.770. The topological polar surface area (TPSA) is 58.6 Å². The minimum Gasteiger partial charge on any atom is -0.444 e. The van der Waals surface area contributed by atoms with Crippen molar-refractivity contribution in [3.8, 4) is 0 Å². The summed E-state index contributed by atoms with van der Waals surface area (Å²) >= 11 is 0. The van der Waals surface area contributed by atoms with E-state index in [1.54, 1.807) is 0 Å². The number of nitrogens with one attached hydrogen (secondary N) is 1. The lowest BCUT2D eigenvalue weighted by Gasteiger charge is -2.49. The minimum absolute atomic E-state index is 0.474. The van der Waals surface area contributed by atoms with Gasteiger partial charge >= 0.3 is 6.09 Å². The molecule has 0 bridgehead atoms. The Balaban J connectivity index is 2.56. The lowest BCUT2D eigenvalue weighted by Crippen LogP contribution is -2.64. The van der Waals surface area contributed by atoms with Crippen LogP contribution in [0.25, 0.3) is 0 Å². The molecule has 94 valence electrons. The molecule has 0 unspecified atom stereocenters. The molecule has 1 rings (SSSR count). The fourth-order valence-corrected chi connectivity index (χ4v) is 1.81. The molecule has 0 aromatic carbocycles. The zero-order chi connectivity index (χ0) is 12.6. The number of hydrogen-bond acceptors (Lipinski definition) is 3. The highest BCUT2D eigenvalue weighted by Gasteiger charge is 2.49. The number of carbonyl (C=O) groups excluding carboxylic acids is 1. The van der Waals surface area contributed by atoms with Gasteiger partial charge in [0.05, 0.1) is 11.1 Å². The average molecular weight is 229 g/mol. The second kappa shape index (κ2) is 3.91. The predicted octanol–water partition coefficient (Wildman–Crippen LogP) is 2.20. The fraction of sp³-hybridized carbons (Fsp3) is 0.917. The molecule has 1 aliphatic rings. The maximum absolute atomic E-state index is 11.6. The Kier molecular flexibility index (Phi) is 3.25. The lowest BCUT2D eigenvalue weighted by molar-refractivity contribution is -0.0984. The van der Waals surface area contributed by atoms with Gasteiger partial charge in [0.15, 0.2) is 0 Å². The smallest absolute Gasteiger partial charge is 0.408 e. The van der Waals surface area contributed by atoms with E-state index in [1.165, 1.54) is 0 Å². The van der Waals surface area contributed by atoms with E-state index in [0.717, 1.165) is 19.3 Å². The number of rotatable bonds is 2. The van der Waals surface area contributed by atoms with E-state index in [0.29, 0.717) is 0 Å². The minimum atomic E-state index is -0.788. The van der Waals surface area contributed by atoms with Crippen molar-refractivity contribution >= 4 is 6.09 Å². The maximum Gasteiger partial charge on any atom is 0.408 e. The van der Waals surface area contributed by atoms with Gasteiger partial charge < -0.3 is 15.2 Å². The van der Waals surface area contributed by atoms with Crippen molar-refractivity contribution in [2.75, 3.05) is 0 Å². The molecule has 1 aliphatic carbocycles. The van der Waals surface area contributed by atoms with Gasteiger partial charge in [0, 0.05) is 0 Å². The summed E-state index contributed by atoms with van der Waals surface area (Å²) in [7, 11) is 0. The van der Waals surface area contributed by atoms with Crippen LogP contribution in [0.2, 0.25) is 0 Å². The predicted molar refractivity (Wildman–Crippen MR) is 62.2 cm³/mol. The van der Waals surface area contributed by atoms with Gasteiger partial charge in [-0.15, -0.1) is 0 Å². The zero-order valence-corrected chi connectivity index (χ0v) is 10.9. The van der Waals surface area contributed by atoms with E-state index in [4.69, 9.17) is 4.74 Å². The van der Waals surface area contributed by atoms with Crippen LogP contribution in [-0.2, 0) is 4.74 Å². The highest BCUT2D eigenvalue weighted by Crippen LogP contribution is 2.40. The first kappa shape index (κ1) is 13.3. The van der Waals surface area contributed by atoms with Crippen LogP contribution in [0.3, 0.4) is 0 Å². The van der Waals surface area contributed by atoms with Gasteiger partial charge in [-0.2, -0.15) is 0 Å². The molecule has 1 saturated carbocycles. The number of alkyl carbamates (subject to hydrolysis) is 1. The first-order valence-corrected chi connectivity index (χ1v) is 5.79. The van der Waals surface area contributed by atoms with Crippen molar-refractivity contribution in [3.05, 3.63) is 0 Å². The molecule has 4 nitrogen and oxygen atoms in total. The number of ether oxygens (including phenoxy) is 1. The molecule has 0 aromatic rings. The molecule has 0 aromatic heterocycles. The quantitative estimate of drug-likeness (QED) is 0.763. The molecule has 0 atom stereocenters. The van der Waals surface area contributed by atoms with E-state index in [1.807, 2.05) is 34.6 Å². The highest BCUT2D eigenvalue weighted by atomic mass is 16.6. The van der Waals surface area contributed by atoms with Crippen LogP contribution in [0.15, 0.2) is 0 Å². The highest BCUT2D eigenvalue weighted by molar-refractivity contribution is 5.69. The van der Waals surface area contributed by atoms with E-state index in [2.05, 4.69) is 5.32 Å². The van der Waals surface area contributed by atoms with Crippen LogP contribution in [0.5, 0.6) is 0 Å². The molecule has 16 heavy (non-hydrogen) atoms. The molecular formula is C12H23NO3. The van der Waals surface area contributed by atoms with Gasteiger partial charge in [-0.3, -0.25) is 0 Å². The van der Waals surface area contributed by atoms with E-state index < -0.39 is 22.8 Å². The molecule has 2 N–H and O–H groups in total. The van der Waals surface area contributed by atoms with Crippen LogP contribution in [0.1, 0.15) is 53.9 Å². The second-order valence-corrected chi connectivity index (χ2v) is 6.14. The van der Waals surface area contributed by atoms with Crippen molar-refractivity contribution in [1.82, 2.24) is 5.32 Å². The Labute approximate surface area is 97.4 Å². The van der Waals surface area contributed by atoms with Crippen molar-refractivity contribution in [2.24, 2.45) is 0 Å². The van der Waals surface area contributed by atoms with Gasteiger partial charge in [0.1, 0.15) is 5.60 Å². The molecule has 0 aliphatic heterocycles. The molecule has 0 heterocycles. The Bertz CT molecular complexity index is 274. The van der Waals surface area contributed by atoms with Crippen LogP contribution in [-0.4, -0.2) is 27.9 Å². The SMILES string of the molecule is CC(C)(C)OC(=O)NC(C)(C)C1(O)CCC1. The van der Waals surface area contributed by atoms with E-state index in [9.17, 15) is 9.90 Å². The largest absolute Gasteiger partial charge is 0.444 e. The monoisotopic (exact) mass is 229 g/mol. The summed E-state index contributed by atoms with van der Waals surface area (Å²) in [5.74, 6) is 0. The van der Waals surface area contributed by atoms with E-state index in [-0.39, 0.29) is 0 Å². The van der Waals surface area contributed by atoms with Crippen LogP contribution in [0.4, 0.5) is 4.79 Å². The third-order valence-electron chi connectivity index (χ3n) is 3.16. The van der Waals surface area contributed by atoms with Crippen molar-refractivity contribution in [3.63, 3.8) is 0 Å². The number of hydrogen-bond donors (Lipinski definition) is 2. The third kappa shape index (κ3) is 2.88. The van der Waals surface area contributed by atoms with Gasteiger partial charge in [0.25, 0.3) is 0 Å². The Morgan fingerprint density at radius 2 is 1.75 bits per heavy atom. The maximum atomic E-state index is 11.6. The normalized spacial score (nSPS) is 19.9. The number of amides is 1. The van der Waals surface area contributed by atoms with Crippen molar-refractivity contribution in [1.29, 1.82) is 0 Å². The summed E-state index contributed by atoms with van der Waals surface area (Å²) in [6.45, 7) is 9.11. The average Bonchev–Trinajstić information content (AvgIpc) is 1.94. The van der Waals surface area contributed by atoms with Gasteiger partial charge in [-0.1, -0.05) is 0 Å². The molecule has 0 spiro atoms. The van der Waals surface area contributed by atoms with Crippen LogP contribution < -0.4 is 5.32 Å². The van der Waals surface area contributed by atoms with Gasteiger partial charge in [-0.05, 0) is 53.9 Å². The summed E-state index contributed by atoms with van der Waals surface area (Å²) in [6, 6.07) is 0. The third-order valence-corrected chi connectivity index (χ3v) is 3.16. The second-order valence-electron chi connectivity index (χ2n) is 6.14.